The van der Waals surface area contributed by atoms with Gasteiger partial charge in [0.15, 0.2) is 0 Å². The highest BCUT2D eigenvalue weighted by Gasteiger charge is 2.24. The molecule has 2 atom stereocenters. The summed E-state index contributed by atoms with van der Waals surface area (Å²) in [6.45, 7) is 3.75. The molecule has 7 nitrogen and oxygen atoms in total. The number of hydrogen-bond donors (Lipinski definition) is 3. The largest absolute Gasteiger partial charge is 0.480 e. The standard InChI is InChI=1S/C10H19N3O4/c1-4-6(2)13(3)10(17)12-7(9(15)16)5-8(11)14/h6-7H,4-5H2,1-3H3,(H2,11,14)(H,12,17)(H,15,16)/t6?,7-/m1/s1. The van der Waals surface area contributed by atoms with Gasteiger partial charge in [-0.3, -0.25) is 4.79 Å². The molecule has 1 unspecified atom stereocenters. The van der Waals surface area contributed by atoms with Crippen molar-refractivity contribution in [3.05, 3.63) is 0 Å². The lowest BCUT2D eigenvalue weighted by atomic mass is 10.2. The van der Waals surface area contributed by atoms with Crippen LogP contribution in [0.15, 0.2) is 0 Å². The molecule has 0 aliphatic rings. The summed E-state index contributed by atoms with van der Waals surface area (Å²) in [5.41, 5.74) is 4.90. The third-order valence-corrected chi connectivity index (χ3v) is 2.57. The second-order valence-electron chi connectivity index (χ2n) is 3.88. The fraction of sp³-hybridized carbons (Fsp3) is 0.700. The highest BCUT2D eigenvalue weighted by molar-refractivity contribution is 5.87. The SMILES string of the molecule is CCC(C)N(C)C(=O)N[C@H](CC(N)=O)C(=O)O. The lowest BCUT2D eigenvalue weighted by molar-refractivity contribution is -0.141. The zero-order valence-electron chi connectivity index (χ0n) is 10.3. The fourth-order valence-corrected chi connectivity index (χ4v) is 1.13. The van der Waals surface area contributed by atoms with Crippen molar-refractivity contribution in [3.8, 4) is 0 Å². The molecule has 3 amide bonds. The Morgan fingerprint density at radius 1 is 1.41 bits per heavy atom. The lowest BCUT2D eigenvalue weighted by Gasteiger charge is -2.25. The number of carbonyl (C=O) groups excluding carboxylic acids is 2. The number of nitrogens with zero attached hydrogens (tertiary/aromatic N) is 1. The number of hydrogen-bond acceptors (Lipinski definition) is 3. The van der Waals surface area contributed by atoms with Gasteiger partial charge in [-0.2, -0.15) is 0 Å². The minimum atomic E-state index is -1.29. The topological polar surface area (TPSA) is 113 Å². The third kappa shape index (κ3) is 5.19. The maximum Gasteiger partial charge on any atom is 0.326 e. The molecule has 0 aliphatic carbocycles. The summed E-state index contributed by atoms with van der Waals surface area (Å²) in [4.78, 5) is 34.5. The molecule has 0 saturated heterocycles. The average Bonchev–Trinajstić information content (AvgIpc) is 2.25. The molecule has 0 radical (unpaired) electrons. The molecular formula is C10H19N3O4. The van der Waals surface area contributed by atoms with Crippen LogP contribution < -0.4 is 11.1 Å². The smallest absolute Gasteiger partial charge is 0.326 e. The molecule has 0 spiro atoms. The van der Waals surface area contributed by atoms with E-state index < -0.39 is 30.4 Å². The minimum Gasteiger partial charge on any atom is -0.480 e. The molecule has 0 aromatic rings. The van der Waals surface area contributed by atoms with Crippen molar-refractivity contribution in [2.45, 2.75) is 38.8 Å². The average molecular weight is 245 g/mol. The number of nitrogens with two attached hydrogens (primary N) is 1. The van der Waals surface area contributed by atoms with E-state index in [2.05, 4.69) is 5.32 Å². The van der Waals surface area contributed by atoms with Crippen LogP contribution >= 0.6 is 0 Å². The molecule has 98 valence electrons. The van der Waals surface area contributed by atoms with Crippen LogP contribution in [-0.2, 0) is 9.59 Å². The van der Waals surface area contributed by atoms with E-state index in [1.54, 1.807) is 7.05 Å². The van der Waals surface area contributed by atoms with Gasteiger partial charge in [0, 0.05) is 13.1 Å². The predicted octanol–water partition coefficient (Wildman–Crippen LogP) is -0.245. The van der Waals surface area contributed by atoms with Gasteiger partial charge in [-0.25, -0.2) is 9.59 Å². The molecule has 17 heavy (non-hydrogen) atoms. The van der Waals surface area contributed by atoms with E-state index in [9.17, 15) is 14.4 Å². The van der Waals surface area contributed by atoms with E-state index in [-0.39, 0.29) is 6.04 Å². The van der Waals surface area contributed by atoms with Crippen LogP contribution in [0.1, 0.15) is 26.7 Å². The summed E-state index contributed by atoms with van der Waals surface area (Å²) in [7, 11) is 1.56. The van der Waals surface area contributed by atoms with Gasteiger partial charge >= 0.3 is 12.0 Å². The Morgan fingerprint density at radius 3 is 2.29 bits per heavy atom. The maximum absolute atomic E-state index is 11.6. The number of aliphatic carboxylic acids is 1. The van der Waals surface area contributed by atoms with Crippen LogP contribution in [0.5, 0.6) is 0 Å². The molecule has 0 aliphatic heterocycles. The summed E-state index contributed by atoms with van der Waals surface area (Å²) in [6.07, 6.45) is 0.326. The number of urea groups is 1. The van der Waals surface area contributed by atoms with Gasteiger partial charge in [0.1, 0.15) is 6.04 Å². The van der Waals surface area contributed by atoms with Gasteiger partial charge in [-0.05, 0) is 13.3 Å². The number of carbonyl (C=O) groups is 3. The maximum atomic E-state index is 11.6. The first-order valence-corrected chi connectivity index (χ1v) is 5.34. The molecule has 7 heteroatoms. The first kappa shape index (κ1) is 15.2. The Kier molecular flexibility index (Phi) is 6.01. The molecule has 0 heterocycles. The molecule has 0 saturated carbocycles. The van der Waals surface area contributed by atoms with Crippen molar-refractivity contribution < 1.29 is 19.5 Å². The Balaban J connectivity index is 4.50. The first-order valence-electron chi connectivity index (χ1n) is 5.34. The van der Waals surface area contributed by atoms with Gasteiger partial charge in [0.25, 0.3) is 0 Å². The quantitative estimate of drug-likeness (QED) is 0.599. The highest BCUT2D eigenvalue weighted by Crippen LogP contribution is 2.01. The molecule has 0 aromatic carbocycles. The highest BCUT2D eigenvalue weighted by atomic mass is 16.4. The zero-order valence-corrected chi connectivity index (χ0v) is 10.3. The summed E-state index contributed by atoms with van der Waals surface area (Å²) < 4.78 is 0. The monoisotopic (exact) mass is 245 g/mol. The van der Waals surface area contributed by atoms with Crippen molar-refractivity contribution in [1.29, 1.82) is 0 Å². The van der Waals surface area contributed by atoms with Crippen LogP contribution in [0.4, 0.5) is 4.79 Å². The number of carboxylic acid groups (broad SMARTS) is 1. The van der Waals surface area contributed by atoms with E-state index in [4.69, 9.17) is 10.8 Å². The Morgan fingerprint density at radius 2 is 1.94 bits per heavy atom. The van der Waals surface area contributed by atoms with Gasteiger partial charge < -0.3 is 21.1 Å². The summed E-state index contributed by atoms with van der Waals surface area (Å²) in [5.74, 6) is -2.06. The predicted molar refractivity (Wildman–Crippen MR) is 61.3 cm³/mol. The molecule has 0 bridgehead atoms. The second-order valence-corrected chi connectivity index (χ2v) is 3.88. The van der Waals surface area contributed by atoms with Crippen LogP contribution in [0.3, 0.4) is 0 Å². The lowest BCUT2D eigenvalue weighted by Crippen LogP contribution is -2.50. The van der Waals surface area contributed by atoms with E-state index in [0.29, 0.717) is 0 Å². The van der Waals surface area contributed by atoms with E-state index in [1.165, 1.54) is 4.90 Å². The molecule has 0 aromatic heterocycles. The van der Waals surface area contributed by atoms with E-state index in [1.807, 2.05) is 13.8 Å². The number of carboxylic acids is 1. The van der Waals surface area contributed by atoms with Crippen molar-refractivity contribution >= 4 is 17.9 Å². The number of amides is 3. The normalized spacial score (nSPS) is 13.6. The van der Waals surface area contributed by atoms with Crippen molar-refractivity contribution in [3.63, 3.8) is 0 Å². The molecular weight excluding hydrogens is 226 g/mol. The van der Waals surface area contributed by atoms with Crippen LogP contribution in [0.25, 0.3) is 0 Å². The van der Waals surface area contributed by atoms with E-state index >= 15 is 0 Å². The number of nitrogens with one attached hydrogen (secondary N) is 1. The summed E-state index contributed by atoms with van der Waals surface area (Å²) >= 11 is 0. The Labute approximate surface area is 100.0 Å². The van der Waals surface area contributed by atoms with Crippen molar-refractivity contribution in [1.82, 2.24) is 10.2 Å². The van der Waals surface area contributed by atoms with Crippen molar-refractivity contribution in [2.24, 2.45) is 5.73 Å². The Hall–Kier alpha value is -1.79. The first-order chi connectivity index (χ1) is 7.79. The zero-order chi connectivity index (χ0) is 13.6. The fourth-order valence-electron chi connectivity index (χ4n) is 1.13. The van der Waals surface area contributed by atoms with Gasteiger partial charge in [0.2, 0.25) is 5.91 Å². The van der Waals surface area contributed by atoms with Gasteiger partial charge in [0.05, 0.1) is 6.42 Å². The van der Waals surface area contributed by atoms with Gasteiger partial charge in [-0.1, -0.05) is 6.92 Å². The second kappa shape index (κ2) is 6.72. The molecule has 0 rings (SSSR count). The Bertz CT molecular complexity index is 306. The van der Waals surface area contributed by atoms with Crippen molar-refractivity contribution in [2.75, 3.05) is 7.05 Å². The summed E-state index contributed by atoms with van der Waals surface area (Å²) in [5, 5.41) is 11.1. The molecule has 0 fully saturated rings. The van der Waals surface area contributed by atoms with Crippen LogP contribution in [-0.4, -0.2) is 47.0 Å². The van der Waals surface area contributed by atoms with Crippen LogP contribution in [0, 0.1) is 0 Å². The minimum absolute atomic E-state index is 0.0157. The van der Waals surface area contributed by atoms with E-state index in [0.717, 1.165) is 6.42 Å². The molecule has 4 N–H and O–H groups in total. The summed E-state index contributed by atoms with van der Waals surface area (Å²) in [6, 6.07) is -1.84. The number of rotatable bonds is 6. The van der Waals surface area contributed by atoms with Gasteiger partial charge in [-0.15, -0.1) is 0 Å². The number of primary amides is 1. The third-order valence-electron chi connectivity index (χ3n) is 2.57. The van der Waals surface area contributed by atoms with Crippen LogP contribution in [0.2, 0.25) is 0 Å².